The lowest BCUT2D eigenvalue weighted by atomic mass is 10.1. The predicted molar refractivity (Wildman–Crippen MR) is 188 cm³/mol. The largest absolute Gasteiger partial charge is 0.354 e. The first-order valence-corrected chi connectivity index (χ1v) is 17.1. The van der Waals surface area contributed by atoms with Crippen molar-refractivity contribution in [3.05, 3.63) is 154 Å². The molecule has 4 aromatic carbocycles. The molecule has 6 rings (SSSR count). The van der Waals surface area contributed by atoms with Crippen molar-refractivity contribution < 1.29 is 4.79 Å². The standard InChI is InChI=1S/C38H38ClN5OS/c39-35-26-36(43-24-22-42(23-25-43)27-31-12-6-2-7-13-31)41-38(40-35)46-29-33-16-18-34(19-17-33)37(45)44(28-32-14-8-3-9-15-32)21-20-30-10-4-1-5-11-30/h1-19,26H,20-25,27-29H2. The van der Waals surface area contributed by atoms with Crippen LogP contribution in [0.2, 0.25) is 5.15 Å². The smallest absolute Gasteiger partial charge is 0.254 e. The van der Waals surface area contributed by atoms with E-state index in [0.717, 1.165) is 56.1 Å². The molecule has 6 nitrogen and oxygen atoms in total. The Kier molecular flexibility index (Phi) is 11.0. The molecule has 1 fully saturated rings. The quantitative estimate of drug-likeness (QED) is 0.0789. The van der Waals surface area contributed by atoms with E-state index in [0.29, 0.717) is 34.7 Å². The summed E-state index contributed by atoms with van der Waals surface area (Å²) >= 11 is 8.01. The summed E-state index contributed by atoms with van der Waals surface area (Å²) in [5.41, 5.74) is 5.46. The molecule has 1 aromatic heterocycles. The van der Waals surface area contributed by atoms with Gasteiger partial charge < -0.3 is 9.80 Å². The van der Waals surface area contributed by atoms with Crippen molar-refractivity contribution in [1.29, 1.82) is 0 Å². The van der Waals surface area contributed by atoms with Crippen molar-refractivity contribution in [2.75, 3.05) is 37.6 Å². The van der Waals surface area contributed by atoms with Gasteiger partial charge in [-0.2, -0.15) is 0 Å². The summed E-state index contributed by atoms with van der Waals surface area (Å²) in [5, 5.41) is 1.11. The van der Waals surface area contributed by atoms with Crippen LogP contribution < -0.4 is 4.90 Å². The predicted octanol–water partition coefficient (Wildman–Crippen LogP) is 7.63. The van der Waals surface area contributed by atoms with Crippen LogP contribution in [0.25, 0.3) is 0 Å². The first-order chi connectivity index (χ1) is 22.6. The number of carbonyl (C=O) groups is 1. The Morgan fingerprint density at radius 2 is 1.33 bits per heavy atom. The summed E-state index contributed by atoms with van der Waals surface area (Å²) in [6.07, 6.45) is 0.805. The van der Waals surface area contributed by atoms with E-state index in [1.165, 1.54) is 11.1 Å². The van der Waals surface area contributed by atoms with Crippen molar-refractivity contribution in [3.8, 4) is 0 Å². The summed E-state index contributed by atoms with van der Waals surface area (Å²) in [7, 11) is 0. The summed E-state index contributed by atoms with van der Waals surface area (Å²) in [6.45, 7) is 5.91. The molecule has 0 aliphatic carbocycles. The van der Waals surface area contributed by atoms with Crippen molar-refractivity contribution >= 4 is 35.1 Å². The lowest BCUT2D eigenvalue weighted by Gasteiger charge is -2.35. The molecule has 5 aromatic rings. The third-order valence-electron chi connectivity index (χ3n) is 8.19. The minimum absolute atomic E-state index is 0.0330. The maximum absolute atomic E-state index is 13.7. The Bertz CT molecular complexity index is 1680. The first-order valence-electron chi connectivity index (χ1n) is 15.7. The number of hydrogen-bond acceptors (Lipinski definition) is 6. The minimum Gasteiger partial charge on any atom is -0.354 e. The molecule has 2 heterocycles. The van der Waals surface area contributed by atoms with E-state index in [9.17, 15) is 4.79 Å². The number of thioether (sulfide) groups is 1. The highest BCUT2D eigenvalue weighted by Crippen LogP contribution is 2.26. The Morgan fingerprint density at radius 1 is 0.717 bits per heavy atom. The number of carbonyl (C=O) groups excluding carboxylic acids is 1. The number of amides is 1. The highest BCUT2D eigenvalue weighted by atomic mass is 35.5. The summed E-state index contributed by atoms with van der Waals surface area (Å²) < 4.78 is 0. The Labute approximate surface area is 281 Å². The van der Waals surface area contributed by atoms with Gasteiger partial charge in [0.2, 0.25) is 0 Å². The fourth-order valence-electron chi connectivity index (χ4n) is 5.63. The van der Waals surface area contributed by atoms with Gasteiger partial charge in [0.25, 0.3) is 5.91 Å². The van der Waals surface area contributed by atoms with E-state index < -0.39 is 0 Å². The number of hydrogen-bond donors (Lipinski definition) is 0. The van der Waals surface area contributed by atoms with Crippen molar-refractivity contribution in [2.45, 2.75) is 30.4 Å². The Morgan fingerprint density at radius 3 is 1.98 bits per heavy atom. The van der Waals surface area contributed by atoms with Crippen LogP contribution in [0, 0.1) is 0 Å². The first kappa shape index (κ1) is 31.8. The third-order valence-corrected chi connectivity index (χ3v) is 9.30. The molecule has 0 saturated carbocycles. The van der Waals surface area contributed by atoms with Crippen LogP contribution in [-0.2, 0) is 25.3 Å². The van der Waals surface area contributed by atoms with E-state index in [4.69, 9.17) is 16.6 Å². The average Bonchev–Trinajstić information content (AvgIpc) is 3.10. The summed E-state index contributed by atoms with van der Waals surface area (Å²) in [5.74, 6) is 1.59. The van der Waals surface area contributed by atoms with Gasteiger partial charge in [-0.1, -0.05) is 126 Å². The number of piperazine rings is 1. The Balaban J connectivity index is 1.05. The molecule has 1 amide bonds. The van der Waals surface area contributed by atoms with Crippen LogP contribution in [0.1, 0.15) is 32.6 Å². The monoisotopic (exact) mass is 647 g/mol. The van der Waals surface area contributed by atoms with Gasteiger partial charge in [-0.15, -0.1) is 0 Å². The second-order valence-corrected chi connectivity index (χ2v) is 12.8. The zero-order valence-corrected chi connectivity index (χ0v) is 27.4. The molecular weight excluding hydrogens is 610 g/mol. The number of anilines is 1. The lowest BCUT2D eigenvalue weighted by Crippen LogP contribution is -2.46. The highest BCUT2D eigenvalue weighted by molar-refractivity contribution is 7.98. The molecule has 0 spiro atoms. The van der Waals surface area contributed by atoms with Gasteiger partial charge in [-0.25, -0.2) is 9.97 Å². The van der Waals surface area contributed by atoms with Crippen molar-refractivity contribution in [3.63, 3.8) is 0 Å². The third kappa shape index (κ3) is 8.97. The number of benzene rings is 4. The van der Waals surface area contributed by atoms with Gasteiger partial charge in [0, 0.05) is 63.2 Å². The maximum Gasteiger partial charge on any atom is 0.254 e. The molecule has 8 heteroatoms. The average molecular weight is 648 g/mol. The van der Waals surface area contributed by atoms with Gasteiger partial charge in [0.05, 0.1) is 0 Å². The molecule has 0 atom stereocenters. The van der Waals surface area contributed by atoms with Crippen molar-refractivity contribution in [2.24, 2.45) is 0 Å². The normalized spacial score (nSPS) is 13.5. The molecule has 0 bridgehead atoms. The van der Waals surface area contributed by atoms with Gasteiger partial charge in [0.15, 0.2) is 5.16 Å². The molecule has 0 N–H and O–H groups in total. The fraction of sp³-hybridized carbons (Fsp3) is 0.237. The van der Waals surface area contributed by atoms with Crippen LogP contribution in [0.4, 0.5) is 5.82 Å². The number of aromatic nitrogens is 2. The van der Waals surface area contributed by atoms with Crippen molar-refractivity contribution in [1.82, 2.24) is 19.8 Å². The molecule has 0 radical (unpaired) electrons. The van der Waals surface area contributed by atoms with E-state index in [-0.39, 0.29) is 5.91 Å². The zero-order valence-electron chi connectivity index (χ0n) is 25.8. The molecule has 1 aliphatic heterocycles. The van der Waals surface area contributed by atoms with Crippen LogP contribution in [0.15, 0.2) is 126 Å². The highest BCUT2D eigenvalue weighted by Gasteiger charge is 2.20. The molecule has 1 saturated heterocycles. The topological polar surface area (TPSA) is 52.6 Å². The van der Waals surface area contributed by atoms with E-state index >= 15 is 0 Å². The molecular formula is C38H38ClN5OS. The Hall–Kier alpha value is -4.17. The van der Waals surface area contributed by atoms with Gasteiger partial charge in [-0.3, -0.25) is 9.69 Å². The number of halogens is 1. The second-order valence-electron chi connectivity index (χ2n) is 11.5. The van der Waals surface area contributed by atoms with Crippen LogP contribution >= 0.6 is 23.4 Å². The number of nitrogens with zero attached hydrogens (tertiary/aromatic N) is 5. The molecule has 234 valence electrons. The minimum atomic E-state index is 0.0330. The second kappa shape index (κ2) is 15.9. The lowest BCUT2D eigenvalue weighted by molar-refractivity contribution is 0.0745. The fourth-order valence-corrected chi connectivity index (χ4v) is 6.66. The molecule has 46 heavy (non-hydrogen) atoms. The maximum atomic E-state index is 13.7. The van der Waals surface area contributed by atoms with E-state index in [2.05, 4.69) is 69.4 Å². The van der Waals surface area contributed by atoms with Crippen LogP contribution in [0.3, 0.4) is 0 Å². The van der Waals surface area contributed by atoms with E-state index in [1.54, 1.807) is 11.8 Å². The summed E-state index contributed by atoms with van der Waals surface area (Å²) in [6, 6.07) is 40.8. The van der Waals surface area contributed by atoms with Crippen LogP contribution in [-0.4, -0.2) is 58.4 Å². The van der Waals surface area contributed by atoms with Gasteiger partial charge >= 0.3 is 0 Å². The van der Waals surface area contributed by atoms with Gasteiger partial charge in [0.1, 0.15) is 11.0 Å². The zero-order chi connectivity index (χ0) is 31.6. The number of rotatable bonds is 12. The van der Waals surface area contributed by atoms with Crippen LogP contribution in [0.5, 0.6) is 0 Å². The van der Waals surface area contributed by atoms with E-state index in [1.807, 2.05) is 71.6 Å². The summed E-state index contributed by atoms with van der Waals surface area (Å²) in [4.78, 5) is 29.7. The van der Waals surface area contributed by atoms with Gasteiger partial charge in [-0.05, 0) is 40.8 Å². The SMILES string of the molecule is O=C(c1ccc(CSc2nc(Cl)cc(N3CCN(Cc4ccccc4)CC3)n2)cc1)N(CCc1ccccc1)Cc1ccccc1. The molecule has 0 unspecified atom stereocenters. The molecule has 1 aliphatic rings.